The Kier molecular flexibility index (Phi) is 26.6. The lowest BCUT2D eigenvalue weighted by Crippen LogP contribution is -2.75. The monoisotopic (exact) mass is 1910 g/mol. The van der Waals surface area contributed by atoms with Crippen LogP contribution in [0.3, 0.4) is 0 Å². The summed E-state index contributed by atoms with van der Waals surface area (Å²) in [5, 5.41) is 50.8. The topological polar surface area (TPSA) is 99.2 Å². The maximum absolute atomic E-state index is 9.63. The molecule has 0 bridgehead atoms. The molecular weight excluding hydrogens is 1820 g/mol. The SMILES string of the molecule is C.C.[C-]#[N+]c1ccc2c(c1)c1cc(C#N)ccc1n2-c1ccc(-c2cccc([Si](c3ccccc3)(c3ccccc3)c3ccccc3)c2)cc1.[C-]#[N+]c1ccc2c(c1)c1cc(C#N)ccc1n2-c1ccc(-c2ccccc2[Si](c2ccccc2)(c2ccccc2)c2ccccc2)cc1.[C-]#[N+]c1ccc2c(c1)c1cc(C#N)ccc1n2-c1cccc(-c2ccc([Si](c3ccccc3)(c3ccccc3)c3ccccc3)cc2)c1. The lowest BCUT2D eigenvalue weighted by Gasteiger charge is -2.36. The van der Waals surface area contributed by atoms with Crippen molar-refractivity contribution in [3.8, 4) is 68.7 Å². The van der Waals surface area contributed by atoms with Crippen LogP contribution >= 0.6 is 0 Å². The van der Waals surface area contributed by atoms with E-state index in [1.165, 1.54) is 73.4 Å². The van der Waals surface area contributed by atoms with Crippen LogP contribution in [0.2, 0.25) is 0 Å². The van der Waals surface area contributed by atoms with Gasteiger partial charge in [-0.1, -0.05) is 415 Å². The van der Waals surface area contributed by atoms with E-state index in [1.807, 2.05) is 109 Å². The number of nitriles is 3. The minimum atomic E-state index is -2.74. The van der Waals surface area contributed by atoms with Gasteiger partial charge in [-0.25, -0.2) is 14.5 Å². The van der Waals surface area contributed by atoms with Gasteiger partial charge in [0.1, 0.15) is 0 Å². The van der Waals surface area contributed by atoms with Gasteiger partial charge in [-0.15, -0.1) is 0 Å². The van der Waals surface area contributed by atoms with E-state index in [2.05, 4.69) is 465 Å². The average molecular weight is 1920 g/mol. The summed E-state index contributed by atoms with van der Waals surface area (Å²) in [6.07, 6.45) is 0. The third-order valence-corrected chi connectivity index (χ3v) is 42.6. The summed E-state index contributed by atoms with van der Waals surface area (Å²) < 4.78 is 6.68. The molecule has 0 aliphatic carbocycles. The van der Waals surface area contributed by atoms with Crippen molar-refractivity contribution in [1.29, 1.82) is 15.8 Å². The van der Waals surface area contributed by atoms with Gasteiger partial charge in [0.25, 0.3) is 0 Å². The molecule has 0 amide bonds. The lowest BCUT2D eigenvalue weighted by molar-refractivity contribution is 1.18. The molecule has 0 N–H and O–H groups in total. The fourth-order valence-corrected chi connectivity index (χ4v) is 36.3. The van der Waals surface area contributed by atoms with Gasteiger partial charge in [0.2, 0.25) is 0 Å². The Balaban J connectivity index is 0.000000132. The third kappa shape index (κ3) is 16.9. The van der Waals surface area contributed by atoms with Gasteiger partial charge in [0.15, 0.2) is 41.3 Å². The Labute approximate surface area is 854 Å². The molecule has 24 aromatic rings. The molecule has 24 rings (SSSR count). The van der Waals surface area contributed by atoms with Crippen molar-refractivity contribution in [2.75, 3.05) is 0 Å². The number of hydrogen-bond acceptors (Lipinski definition) is 3. The Morgan fingerprint density at radius 2 is 0.432 bits per heavy atom. The summed E-state index contributed by atoms with van der Waals surface area (Å²) in [4.78, 5) is 11.0. The molecule has 0 fully saturated rings. The Morgan fingerprint density at radius 3 is 0.753 bits per heavy atom. The van der Waals surface area contributed by atoms with Gasteiger partial charge in [-0.2, -0.15) is 15.8 Å². The summed E-state index contributed by atoms with van der Waals surface area (Å²) in [5.41, 5.74) is 19.6. The largest absolute Gasteiger partial charge is 0.309 e. The van der Waals surface area contributed by atoms with Crippen LogP contribution in [-0.2, 0) is 0 Å². The second kappa shape index (κ2) is 41.2. The summed E-state index contributed by atoms with van der Waals surface area (Å²) in [7, 11) is -7.99. The molecule has 12 heteroatoms. The molecule has 0 radical (unpaired) electrons. The van der Waals surface area contributed by atoms with Crippen LogP contribution in [0, 0.1) is 53.7 Å². The third-order valence-electron chi connectivity index (χ3n) is 28.2. The predicted octanol–water partition coefficient (Wildman–Crippen LogP) is 26.0. The molecule has 3 heterocycles. The number of rotatable bonds is 18. The van der Waals surface area contributed by atoms with Crippen LogP contribution in [0.1, 0.15) is 31.5 Å². The van der Waals surface area contributed by atoms with Crippen molar-refractivity contribution in [3.63, 3.8) is 0 Å². The standard InChI is InChI=1S/3C44H29N3Si.2CH4/c1-46-35-23-27-44-42(30-35)41-28-32(31-45)20-26-43(41)47(44)36-13-11-12-34(29-36)33-21-24-40(25-22-33)48(37-14-5-2-6-15-37,38-16-7-3-8-17-38)39-18-9-4-10-19-39;1-46-35-23-27-44-42(30-35)41-28-32(31-45)20-26-43(41)47(44)36-24-21-33(22-25-36)34-12-11-19-40(29-34)48(37-13-5-2-6-14-37,38-15-7-3-8-16-38)39-17-9-4-10-18-39;1-46-34-24-28-43-41(30-34)40-29-32(31-45)21-27-42(40)47(43)35-25-22-33(23-26-35)39-19-11-12-20-44(39)48(36-13-5-2-6-14-36,37-15-7-3-8-16-37)38-17-9-4-10-18-38;;/h3*2-30H;2*1H4. The van der Waals surface area contributed by atoms with E-state index in [0.29, 0.717) is 33.8 Å². The van der Waals surface area contributed by atoms with E-state index >= 15 is 0 Å². The summed E-state index contributed by atoms with van der Waals surface area (Å²) in [5.74, 6) is 0. The number of aromatic nitrogens is 3. The Hall–Kier alpha value is -19.4. The van der Waals surface area contributed by atoms with Gasteiger partial charge in [-0.3, -0.25) is 0 Å². The normalized spacial score (nSPS) is 11.1. The number of fused-ring (bicyclic) bond motifs is 9. The molecule has 0 spiro atoms. The van der Waals surface area contributed by atoms with Crippen molar-refractivity contribution < 1.29 is 0 Å². The van der Waals surface area contributed by atoms with Crippen LogP contribution < -0.4 is 62.2 Å². The molecule has 0 aliphatic heterocycles. The first-order chi connectivity index (χ1) is 71.1. The van der Waals surface area contributed by atoms with E-state index in [9.17, 15) is 15.8 Å². The Morgan fingerprint density at radius 1 is 0.185 bits per heavy atom. The van der Waals surface area contributed by atoms with Crippen LogP contribution in [0.4, 0.5) is 17.1 Å². The van der Waals surface area contributed by atoms with Crippen LogP contribution in [0.5, 0.6) is 0 Å². The van der Waals surface area contributed by atoms with Crippen LogP contribution in [0.25, 0.3) is 130 Å². The Bertz CT molecular complexity index is 8720. The zero-order valence-corrected chi connectivity index (χ0v) is 81.3. The van der Waals surface area contributed by atoms with Crippen LogP contribution in [-0.4, -0.2) is 37.9 Å². The quantitative estimate of drug-likeness (QED) is 0.0486. The molecule has 0 saturated carbocycles. The number of hydrogen-bond donors (Lipinski definition) is 0. The van der Waals surface area contributed by atoms with Gasteiger partial charge in [-0.05, 0) is 239 Å². The molecular formula is C134H95N9Si3. The first kappa shape index (κ1) is 94.2. The fraction of sp³-hybridized carbons (Fsp3) is 0.0149. The molecule has 146 heavy (non-hydrogen) atoms. The number of benzene rings is 21. The van der Waals surface area contributed by atoms with E-state index in [4.69, 9.17) is 19.7 Å². The van der Waals surface area contributed by atoms with Crippen molar-refractivity contribution in [1.82, 2.24) is 13.7 Å². The van der Waals surface area contributed by atoms with E-state index in [1.54, 1.807) is 0 Å². The molecule has 3 aromatic heterocycles. The minimum Gasteiger partial charge on any atom is -0.309 e. The van der Waals surface area contributed by atoms with Gasteiger partial charge < -0.3 is 13.7 Å². The molecule has 0 atom stereocenters. The lowest BCUT2D eigenvalue weighted by atomic mass is 10.1. The molecule has 688 valence electrons. The van der Waals surface area contributed by atoms with E-state index in [0.717, 1.165) is 105 Å². The second-order valence-electron chi connectivity index (χ2n) is 35.9. The molecule has 21 aromatic carbocycles. The van der Waals surface area contributed by atoms with Crippen molar-refractivity contribution in [2.45, 2.75) is 14.9 Å². The zero-order chi connectivity index (χ0) is 97.5. The van der Waals surface area contributed by atoms with Crippen LogP contribution in [0.15, 0.2) is 528 Å². The highest BCUT2D eigenvalue weighted by Gasteiger charge is 2.45. The molecule has 0 aliphatic rings. The molecule has 0 unspecified atom stereocenters. The van der Waals surface area contributed by atoms with Gasteiger partial charge >= 0.3 is 0 Å². The molecule has 9 nitrogen and oxygen atoms in total. The van der Waals surface area contributed by atoms with Gasteiger partial charge in [0.05, 0.1) is 87.7 Å². The van der Waals surface area contributed by atoms with E-state index in [-0.39, 0.29) is 14.9 Å². The highest BCUT2D eigenvalue weighted by Crippen LogP contribution is 2.41. The van der Waals surface area contributed by atoms with Gasteiger partial charge in [0, 0.05) is 33.2 Å². The highest BCUT2D eigenvalue weighted by molar-refractivity contribution is 7.21. The minimum absolute atomic E-state index is 0. The first-order valence-electron chi connectivity index (χ1n) is 47.8. The predicted molar refractivity (Wildman–Crippen MR) is 616 cm³/mol. The van der Waals surface area contributed by atoms with Crippen molar-refractivity contribution in [2.24, 2.45) is 0 Å². The smallest absolute Gasteiger partial charge is 0.188 e. The molecule has 0 saturated heterocycles. The van der Waals surface area contributed by atoms with Crippen molar-refractivity contribution >= 4 is 169 Å². The highest BCUT2D eigenvalue weighted by atomic mass is 28.3. The van der Waals surface area contributed by atoms with E-state index < -0.39 is 24.2 Å². The van der Waals surface area contributed by atoms with Crippen molar-refractivity contribution in [3.05, 3.63) is 579 Å². The average Bonchev–Trinajstić information content (AvgIpc) is 1.14. The zero-order valence-electron chi connectivity index (χ0n) is 78.3. The summed E-state index contributed by atoms with van der Waals surface area (Å²) >= 11 is 0. The summed E-state index contributed by atoms with van der Waals surface area (Å²) in [6.45, 7) is 22.7. The second-order valence-corrected chi connectivity index (χ2v) is 47.3. The maximum atomic E-state index is 9.63. The summed E-state index contributed by atoms with van der Waals surface area (Å²) in [6, 6.07) is 194. The number of nitrogens with zero attached hydrogens (tertiary/aromatic N) is 9. The fourth-order valence-electron chi connectivity index (χ4n) is 21.8. The first-order valence-corrected chi connectivity index (χ1v) is 53.8. The maximum Gasteiger partial charge on any atom is 0.188 e.